The Labute approximate surface area is 127 Å². The van der Waals surface area contributed by atoms with Crippen LogP contribution in [0.1, 0.15) is 51.5 Å². The minimum absolute atomic E-state index is 0.0476. The number of rotatable bonds is 5. The first kappa shape index (κ1) is 15.6. The van der Waals surface area contributed by atoms with Crippen LogP contribution in [-0.4, -0.2) is 12.0 Å². The molecular weight excluding hydrogens is 262 g/mol. The molecule has 114 valence electrons. The Morgan fingerprint density at radius 1 is 1.29 bits per heavy atom. The molecule has 0 radical (unpaired) electrons. The summed E-state index contributed by atoms with van der Waals surface area (Å²) < 4.78 is 6.04. The van der Waals surface area contributed by atoms with Gasteiger partial charge >= 0.3 is 0 Å². The Kier molecular flexibility index (Phi) is 5.85. The van der Waals surface area contributed by atoms with Gasteiger partial charge in [0.2, 0.25) is 5.91 Å². The Morgan fingerprint density at radius 2 is 2.05 bits per heavy atom. The third-order valence-corrected chi connectivity index (χ3v) is 3.64. The number of carbonyl (C=O) groups is 1. The molecule has 1 aromatic carbocycles. The predicted molar refractivity (Wildman–Crippen MR) is 85.2 cm³/mol. The van der Waals surface area contributed by atoms with Crippen molar-refractivity contribution in [2.45, 2.75) is 58.6 Å². The molecule has 2 rings (SSSR count). The fourth-order valence-corrected chi connectivity index (χ4v) is 2.61. The maximum absolute atomic E-state index is 11.6. The number of ether oxygens (including phenoxy) is 1. The van der Waals surface area contributed by atoms with E-state index in [1.165, 1.54) is 19.3 Å². The molecule has 0 aliphatic heterocycles. The molecule has 1 aliphatic carbocycles. The fourth-order valence-electron chi connectivity index (χ4n) is 2.61. The van der Waals surface area contributed by atoms with Crippen molar-refractivity contribution in [3.63, 3.8) is 0 Å². The lowest BCUT2D eigenvalue weighted by Crippen LogP contribution is -2.21. The van der Waals surface area contributed by atoms with E-state index in [0.29, 0.717) is 12.6 Å². The second kappa shape index (κ2) is 7.87. The summed E-state index contributed by atoms with van der Waals surface area (Å²) >= 11 is 0. The van der Waals surface area contributed by atoms with Crippen LogP contribution in [0.5, 0.6) is 5.75 Å². The van der Waals surface area contributed by atoms with E-state index in [2.05, 4.69) is 5.32 Å². The molecule has 1 aliphatic rings. The maximum Gasteiger partial charge on any atom is 0.244 e. The van der Waals surface area contributed by atoms with Crippen molar-refractivity contribution >= 4 is 5.91 Å². The summed E-state index contributed by atoms with van der Waals surface area (Å²) in [6.45, 7) is 4.36. The normalized spacial score (nSPS) is 15.3. The van der Waals surface area contributed by atoms with Gasteiger partial charge in [0.05, 0.1) is 6.10 Å². The van der Waals surface area contributed by atoms with Gasteiger partial charge in [0.15, 0.2) is 0 Å². The molecule has 3 nitrogen and oxygen atoms in total. The fraction of sp³-hybridized carbons (Fsp3) is 0.500. The molecule has 1 aromatic rings. The number of hydrogen-bond acceptors (Lipinski definition) is 2. The minimum atomic E-state index is -0.0476. The predicted octanol–water partition coefficient (Wildman–Crippen LogP) is 3.98. The van der Waals surface area contributed by atoms with Gasteiger partial charge in [0, 0.05) is 12.6 Å². The van der Waals surface area contributed by atoms with Crippen LogP contribution in [0.2, 0.25) is 0 Å². The lowest BCUT2D eigenvalue weighted by molar-refractivity contribution is -0.116. The van der Waals surface area contributed by atoms with Crippen LogP contribution in [-0.2, 0) is 11.3 Å². The SMILES string of the molecule is CC(C)=CC(=O)NCc1cccc(OC2CCCCC2)c1. The summed E-state index contributed by atoms with van der Waals surface area (Å²) in [4.78, 5) is 11.6. The average molecular weight is 287 g/mol. The highest BCUT2D eigenvalue weighted by atomic mass is 16.5. The van der Waals surface area contributed by atoms with Crippen LogP contribution in [0, 0.1) is 0 Å². The van der Waals surface area contributed by atoms with E-state index < -0.39 is 0 Å². The van der Waals surface area contributed by atoms with Crippen molar-refractivity contribution in [1.29, 1.82) is 0 Å². The van der Waals surface area contributed by atoms with E-state index in [1.807, 2.05) is 38.1 Å². The van der Waals surface area contributed by atoms with Crippen molar-refractivity contribution in [3.05, 3.63) is 41.5 Å². The van der Waals surface area contributed by atoms with Crippen molar-refractivity contribution < 1.29 is 9.53 Å². The first-order valence-electron chi connectivity index (χ1n) is 7.82. The summed E-state index contributed by atoms with van der Waals surface area (Å²) in [5.74, 6) is 0.865. The summed E-state index contributed by atoms with van der Waals surface area (Å²) in [5.41, 5.74) is 2.07. The quantitative estimate of drug-likeness (QED) is 0.832. The minimum Gasteiger partial charge on any atom is -0.490 e. The van der Waals surface area contributed by atoms with Gasteiger partial charge in [0.1, 0.15) is 5.75 Å². The molecular formula is C18H25NO2. The van der Waals surface area contributed by atoms with Crippen LogP contribution < -0.4 is 10.1 Å². The average Bonchev–Trinajstić information content (AvgIpc) is 2.46. The smallest absolute Gasteiger partial charge is 0.244 e. The van der Waals surface area contributed by atoms with Crippen LogP contribution in [0.4, 0.5) is 0 Å². The first-order chi connectivity index (χ1) is 10.1. The highest BCUT2D eigenvalue weighted by Gasteiger charge is 2.14. The van der Waals surface area contributed by atoms with Gasteiger partial charge in [-0.25, -0.2) is 0 Å². The maximum atomic E-state index is 11.6. The molecule has 0 spiro atoms. The lowest BCUT2D eigenvalue weighted by atomic mass is 9.98. The third-order valence-electron chi connectivity index (χ3n) is 3.64. The van der Waals surface area contributed by atoms with Gasteiger partial charge < -0.3 is 10.1 Å². The van der Waals surface area contributed by atoms with Crippen LogP contribution in [0.3, 0.4) is 0 Å². The van der Waals surface area contributed by atoms with Gasteiger partial charge in [-0.2, -0.15) is 0 Å². The van der Waals surface area contributed by atoms with Crippen molar-refractivity contribution in [2.24, 2.45) is 0 Å². The molecule has 0 heterocycles. The van der Waals surface area contributed by atoms with Gasteiger partial charge in [0.25, 0.3) is 0 Å². The Morgan fingerprint density at radius 3 is 2.76 bits per heavy atom. The molecule has 21 heavy (non-hydrogen) atoms. The highest BCUT2D eigenvalue weighted by Crippen LogP contribution is 2.23. The topological polar surface area (TPSA) is 38.3 Å². The summed E-state index contributed by atoms with van der Waals surface area (Å²) in [5, 5.41) is 2.89. The molecule has 1 fully saturated rings. The van der Waals surface area contributed by atoms with E-state index in [0.717, 1.165) is 29.7 Å². The number of allylic oxidation sites excluding steroid dienone is 1. The van der Waals surface area contributed by atoms with Crippen molar-refractivity contribution in [2.75, 3.05) is 0 Å². The van der Waals surface area contributed by atoms with Gasteiger partial charge in [-0.3, -0.25) is 4.79 Å². The molecule has 0 saturated heterocycles. The number of carbonyl (C=O) groups excluding carboxylic acids is 1. The van der Waals surface area contributed by atoms with E-state index in [9.17, 15) is 4.79 Å². The van der Waals surface area contributed by atoms with Crippen molar-refractivity contribution in [1.82, 2.24) is 5.32 Å². The lowest BCUT2D eigenvalue weighted by Gasteiger charge is -2.23. The summed E-state index contributed by atoms with van der Waals surface area (Å²) in [6, 6.07) is 8.02. The molecule has 1 amide bonds. The molecule has 0 atom stereocenters. The van der Waals surface area contributed by atoms with Crippen LogP contribution in [0.15, 0.2) is 35.9 Å². The van der Waals surface area contributed by atoms with Gasteiger partial charge in [-0.1, -0.05) is 24.1 Å². The molecule has 0 aromatic heterocycles. The monoisotopic (exact) mass is 287 g/mol. The first-order valence-corrected chi connectivity index (χ1v) is 7.82. The Hall–Kier alpha value is -1.77. The van der Waals surface area contributed by atoms with Crippen LogP contribution >= 0.6 is 0 Å². The van der Waals surface area contributed by atoms with E-state index in [1.54, 1.807) is 6.08 Å². The van der Waals surface area contributed by atoms with Crippen LogP contribution in [0.25, 0.3) is 0 Å². The zero-order valence-electron chi connectivity index (χ0n) is 13.0. The standard InChI is InChI=1S/C18H25NO2/c1-14(2)11-18(20)19-13-15-7-6-10-17(12-15)21-16-8-4-3-5-9-16/h6-7,10-12,16H,3-5,8-9,13H2,1-2H3,(H,19,20). The number of nitrogens with one attached hydrogen (secondary N) is 1. The zero-order chi connectivity index (χ0) is 15.1. The number of hydrogen-bond donors (Lipinski definition) is 1. The Bertz CT molecular complexity index is 498. The second-order valence-electron chi connectivity index (χ2n) is 5.96. The molecule has 0 bridgehead atoms. The number of benzene rings is 1. The van der Waals surface area contributed by atoms with E-state index >= 15 is 0 Å². The highest BCUT2D eigenvalue weighted by molar-refractivity contribution is 5.87. The number of amides is 1. The van der Waals surface area contributed by atoms with Gasteiger partial charge in [-0.05, 0) is 57.2 Å². The van der Waals surface area contributed by atoms with Gasteiger partial charge in [-0.15, -0.1) is 0 Å². The molecule has 1 saturated carbocycles. The summed E-state index contributed by atoms with van der Waals surface area (Å²) in [6.07, 6.45) is 8.14. The molecule has 3 heteroatoms. The molecule has 0 unspecified atom stereocenters. The summed E-state index contributed by atoms with van der Waals surface area (Å²) in [7, 11) is 0. The zero-order valence-corrected chi connectivity index (χ0v) is 13.0. The third kappa shape index (κ3) is 5.62. The Balaban J connectivity index is 1.88. The van der Waals surface area contributed by atoms with E-state index in [-0.39, 0.29) is 5.91 Å². The second-order valence-corrected chi connectivity index (χ2v) is 5.96. The van der Waals surface area contributed by atoms with Crippen molar-refractivity contribution in [3.8, 4) is 5.75 Å². The van der Waals surface area contributed by atoms with E-state index in [4.69, 9.17) is 4.74 Å². The molecule has 1 N–H and O–H groups in total. The largest absolute Gasteiger partial charge is 0.490 e.